The van der Waals surface area contributed by atoms with Crippen LogP contribution < -0.4 is 4.90 Å². The fourth-order valence-corrected chi connectivity index (χ4v) is 1.66. The number of anilines is 1. The predicted octanol–water partition coefficient (Wildman–Crippen LogP) is 2.69. The van der Waals surface area contributed by atoms with Crippen LogP contribution in [0.25, 0.3) is 6.08 Å². The highest BCUT2D eigenvalue weighted by atomic mass is 16.4. The monoisotopic (exact) mass is 256 g/mol. The summed E-state index contributed by atoms with van der Waals surface area (Å²) in [7, 11) is 0. The molecule has 0 atom stereocenters. The predicted molar refractivity (Wildman–Crippen MR) is 75.8 cm³/mol. The summed E-state index contributed by atoms with van der Waals surface area (Å²) in [6.45, 7) is 7.38. The minimum atomic E-state index is -1.21. The van der Waals surface area contributed by atoms with E-state index in [1.54, 1.807) is 18.2 Å². The fourth-order valence-electron chi connectivity index (χ4n) is 1.66. The highest BCUT2D eigenvalue weighted by Gasteiger charge is 2.06. The van der Waals surface area contributed by atoms with Crippen LogP contribution in [0.15, 0.2) is 42.5 Å². The number of carboxylic acids is 1. The van der Waals surface area contributed by atoms with Gasteiger partial charge in [-0.05, 0) is 30.7 Å². The lowest BCUT2D eigenvalue weighted by atomic mass is 10.1. The second-order valence-electron chi connectivity index (χ2n) is 3.89. The van der Waals surface area contributed by atoms with Gasteiger partial charge >= 0.3 is 5.97 Å². The Bertz CT molecular complexity index is 524. The summed E-state index contributed by atoms with van der Waals surface area (Å²) in [6, 6.07) is 9.04. The van der Waals surface area contributed by atoms with E-state index in [4.69, 9.17) is 10.4 Å². The van der Waals surface area contributed by atoms with Crippen molar-refractivity contribution in [1.29, 1.82) is 5.26 Å². The average Bonchev–Trinajstić information content (AvgIpc) is 2.42. The van der Waals surface area contributed by atoms with Gasteiger partial charge in [0.25, 0.3) is 0 Å². The average molecular weight is 256 g/mol. The molecule has 0 saturated heterocycles. The van der Waals surface area contributed by atoms with Crippen molar-refractivity contribution in [3.63, 3.8) is 0 Å². The summed E-state index contributed by atoms with van der Waals surface area (Å²) in [6.07, 6.45) is 3.19. The summed E-state index contributed by atoms with van der Waals surface area (Å²) >= 11 is 0. The number of hydrogen-bond acceptors (Lipinski definition) is 3. The Morgan fingerprint density at radius 2 is 2.11 bits per heavy atom. The second kappa shape index (κ2) is 7.02. The van der Waals surface area contributed by atoms with Crippen molar-refractivity contribution >= 4 is 17.7 Å². The highest BCUT2D eigenvalue weighted by molar-refractivity contribution is 5.96. The molecule has 0 unspecified atom stereocenters. The standard InChI is InChI=1S/C15H16N2O2/c1-3-9-17(4-2)14-7-5-12(6-8-14)10-13(11-16)15(18)19/h3,5-8,10H,1,4,9H2,2H3,(H,18,19). The molecule has 0 spiro atoms. The highest BCUT2D eigenvalue weighted by Crippen LogP contribution is 2.16. The molecule has 1 rings (SSSR count). The van der Waals surface area contributed by atoms with Crippen LogP contribution >= 0.6 is 0 Å². The second-order valence-corrected chi connectivity index (χ2v) is 3.89. The summed E-state index contributed by atoms with van der Waals surface area (Å²) in [5.74, 6) is -1.21. The number of aliphatic carboxylic acids is 1. The number of hydrogen-bond donors (Lipinski definition) is 1. The van der Waals surface area contributed by atoms with Gasteiger partial charge in [0.1, 0.15) is 11.6 Å². The zero-order chi connectivity index (χ0) is 14.3. The summed E-state index contributed by atoms with van der Waals surface area (Å²) in [4.78, 5) is 12.9. The van der Waals surface area contributed by atoms with Crippen LogP contribution in [0.2, 0.25) is 0 Å². The number of nitriles is 1. The molecule has 0 aliphatic carbocycles. The number of likely N-dealkylation sites (N-methyl/N-ethyl adjacent to an activating group) is 1. The van der Waals surface area contributed by atoms with E-state index >= 15 is 0 Å². The molecule has 0 aliphatic rings. The van der Waals surface area contributed by atoms with E-state index in [9.17, 15) is 4.79 Å². The van der Waals surface area contributed by atoms with Crippen molar-refractivity contribution in [1.82, 2.24) is 0 Å². The first-order chi connectivity index (χ1) is 9.12. The number of benzene rings is 1. The molecule has 1 aromatic carbocycles. The van der Waals surface area contributed by atoms with Gasteiger partial charge in [0.15, 0.2) is 0 Å². The lowest BCUT2D eigenvalue weighted by Gasteiger charge is -2.21. The maximum Gasteiger partial charge on any atom is 0.346 e. The Balaban J connectivity index is 2.96. The summed E-state index contributed by atoms with van der Waals surface area (Å²) in [5.41, 5.74) is 1.46. The first kappa shape index (κ1) is 14.5. The maximum atomic E-state index is 10.7. The van der Waals surface area contributed by atoms with Crippen LogP contribution in [0.1, 0.15) is 12.5 Å². The van der Waals surface area contributed by atoms with Gasteiger partial charge in [-0.25, -0.2) is 4.79 Å². The molecule has 0 amide bonds. The fraction of sp³-hybridized carbons (Fsp3) is 0.200. The van der Waals surface area contributed by atoms with Gasteiger partial charge in [0, 0.05) is 18.8 Å². The van der Waals surface area contributed by atoms with E-state index < -0.39 is 5.97 Å². The molecule has 0 saturated carbocycles. The Labute approximate surface area is 112 Å². The smallest absolute Gasteiger partial charge is 0.346 e. The van der Waals surface area contributed by atoms with Crippen molar-refractivity contribution in [2.24, 2.45) is 0 Å². The third-order valence-corrected chi connectivity index (χ3v) is 2.65. The lowest BCUT2D eigenvalue weighted by Crippen LogP contribution is -2.22. The van der Waals surface area contributed by atoms with E-state index in [1.807, 2.05) is 18.2 Å². The molecule has 1 aromatic rings. The minimum absolute atomic E-state index is 0.272. The SMILES string of the molecule is C=CCN(CC)c1ccc(C=C(C#N)C(=O)O)cc1. The molecule has 4 nitrogen and oxygen atoms in total. The molecule has 0 aromatic heterocycles. The van der Waals surface area contributed by atoms with E-state index in [0.717, 1.165) is 18.8 Å². The quantitative estimate of drug-likeness (QED) is 0.483. The molecule has 19 heavy (non-hydrogen) atoms. The van der Waals surface area contributed by atoms with E-state index in [-0.39, 0.29) is 5.57 Å². The van der Waals surface area contributed by atoms with Crippen molar-refractivity contribution in [2.45, 2.75) is 6.92 Å². The molecule has 0 aliphatic heterocycles. The van der Waals surface area contributed by atoms with E-state index in [0.29, 0.717) is 5.56 Å². The first-order valence-electron chi connectivity index (χ1n) is 5.93. The molecule has 98 valence electrons. The molecule has 0 bridgehead atoms. The Morgan fingerprint density at radius 3 is 2.53 bits per heavy atom. The van der Waals surface area contributed by atoms with Crippen molar-refractivity contribution in [3.8, 4) is 6.07 Å². The van der Waals surface area contributed by atoms with Gasteiger partial charge in [-0.2, -0.15) is 5.26 Å². The number of nitrogens with zero attached hydrogens (tertiary/aromatic N) is 2. The molecular weight excluding hydrogens is 240 g/mol. The Hall–Kier alpha value is -2.54. The van der Waals surface area contributed by atoms with Crippen LogP contribution in [0.5, 0.6) is 0 Å². The van der Waals surface area contributed by atoms with Crippen LogP contribution in [0, 0.1) is 11.3 Å². The normalized spacial score (nSPS) is 10.6. The van der Waals surface area contributed by atoms with Gasteiger partial charge in [0.2, 0.25) is 0 Å². The van der Waals surface area contributed by atoms with Gasteiger partial charge in [0.05, 0.1) is 0 Å². The summed E-state index contributed by atoms with van der Waals surface area (Å²) < 4.78 is 0. The van der Waals surface area contributed by atoms with Crippen LogP contribution in [0.4, 0.5) is 5.69 Å². The largest absolute Gasteiger partial charge is 0.477 e. The lowest BCUT2D eigenvalue weighted by molar-refractivity contribution is -0.132. The minimum Gasteiger partial charge on any atom is -0.477 e. The topological polar surface area (TPSA) is 64.3 Å². The molecule has 0 radical (unpaired) electrons. The Morgan fingerprint density at radius 1 is 1.47 bits per heavy atom. The van der Waals surface area contributed by atoms with Crippen molar-refractivity contribution < 1.29 is 9.90 Å². The molecule has 4 heteroatoms. The third kappa shape index (κ3) is 4.00. The van der Waals surface area contributed by atoms with Crippen LogP contribution in [-0.2, 0) is 4.79 Å². The zero-order valence-electron chi connectivity index (χ0n) is 10.8. The van der Waals surface area contributed by atoms with Crippen LogP contribution in [0.3, 0.4) is 0 Å². The third-order valence-electron chi connectivity index (χ3n) is 2.65. The first-order valence-corrected chi connectivity index (χ1v) is 5.93. The molecular formula is C15H16N2O2. The van der Waals surface area contributed by atoms with Crippen molar-refractivity contribution in [2.75, 3.05) is 18.0 Å². The number of carboxylic acid groups (broad SMARTS) is 1. The summed E-state index contributed by atoms with van der Waals surface area (Å²) in [5, 5.41) is 17.5. The van der Waals surface area contributed by atoms with Gasteiger partial charge in [-0.3, -0.25) is 0 Å². The van der Waals surface area contributed by atoms with Gasteiger partial charge < -0.3 is 10.0 Å². The molecule has 1 N–H and O–H groups in total. The maximum absolute atomic E-state index is 10.7. The Kier molecular flexibility index (Phi) is 5.36. The number of rotatable bonds is 6. The van der Waals surface area contributed by atoms with E-state index in [1.165, 1.54) is 6.08 Å². The molecule has 0 heterocycles. The number of carbonyl (C=O) groups is 1. The zero-order valence-corrected chi connectivity index (χ0v) is 10.8. The molecule has 0 fully saturated rings. The van der Waals surface area contributed by atoms with Crippen LogP contribution in [-0.4, -0.2) is 24.2 Å². The van der Waals surface area contributed by atoms with Gasteiger partial charge in [-0.1, -0.05) is 18.2 Å². The van der Waals surface area contributed by atoms with Crippen molar-refractivity contribution in [3.05, 3.63) is 48.1 Å². The van der Waals surface area contributed by atoms with Gasteiger partial charge in [-0.15, -0.1) is 6.58 Å². The van der Waals surface area contributed by atoms with E-state index in [2.05, 4.69) is 18.4 Å².